The maximum absolute atomic E-state index is 14.7. The van der Waals surface area contributed by atoms with Gasteiger partial charge in [0.1, 0.15) is 12.6 Å². The van der Waals surface area contributed by atoms with E-state index in [1.807, 2.05) is 81.4 Å². The van der Waals surface area contributed by atoms with E-state index in [1.165, 1.54) is 4.31 Å². The molecule has 8 heteroatoms. The molecule has 7 nitrogen and oxygen atoms in total. The number of hydrogen-bond donors (Lipinski definition) is 1. The number of carbonyl (C=O) groups excluding carboxylic acids is 2. The van der Waals surface area contributed by atoms with Crippen LogP contribution in [0.4, 0.5) is 5.69 Å². The Balaban J connectivity index is 1.57. The van der Waals surface area contributed by atoms with Crippen molar-refractivity contribution in [2.45, 2.75) is 82.8 Å². The smallest absolute Gasteiger partial charge is 0.264 e. The third kappa shape index (κ3) is 8.69. The predicted molar refractivity (Wildman–Crippen MR) is 188 cm³/mol. The molecule has 2 amide bonds. The molecule has 0 bridgehead atoms. The van der Waals surface area contributed by atoms with Gasteiger partial charge in [-0.05, 0) is 80.1 Å². The van der Waals surface area contributed by atoms with Gasteiger partial charge < -0.3 is 10.2 Å². The Bertz CT molecular complexity index is 1770. The second-order valence-corrected chi connectivity index (χ2v) is 14.5. The summed E-state index contributed by atoms with van der Waals surface area (Å²) in [5.74, 6) is -0.670. The minimum Gasteiger partial charge on any atom is -0.352 e. The summed E-state index contributed by atoms with van der Waals surface area (Å²) in [6, 6.07) is 30.4. The van der Waals surface area contributed by atoms with Crippen molar-refractivity contribution >= 4 is 27.5 Å². The number of anilines is 1. The zero-order valence-corrected chi connectivity index (χ0v) is 28.4. The van der Waals surface area contributed by atoms with E-state index in [4.69, 9.17) is 0 Å². The topological polar surface area (TPSA) is 86.8 Å². The van der Waals surface area contributed by atoms with Gasteiger partial charge in [-0.3, -0.25) is 13.9 Å². The highest BCUT2D eigenvalue weighted by molar-refractivity contribution is 7.92. The van der Waals surface area contributed by atoms with Gasteiger partial charge in [0, 0.05) is 19.0 Å². The number of amides is 2. The Morgan fingerprint density at radius 3 is 2.15 bits per heavy atom. The van der Waals surface area contributed by atoms with E-state index >= 15 is 0 Å². The first kappa shape index (κ1) is 33.9. The van der Waals surface area contributed by atoms with Crippen LogP contribution < -0.4 is 9.62 Å². The third-order valence-electron chi connectivity index (χ3n) is 9.00. The van der Waals surface area contributed by atoms with Crippen LogP contribution in [0.3, 0.4) is 0 Å². The number of carbonyl (C=O) groups is 2. The maximum Gasteiger partial charge on any atom is 0.264 e. The number of nitrogens with one attached hydrogen (secondary N) is 1. The fourth-order valence-electron chi connectivity index (χ4n) is 6.22. The van der Waals surface area contributed by atoms with Crippen LogP contribution in [0.2, 0.25) is 0 Å². The van der Waals surface area contributed by atoms with E-state index in [0.717, 1.165) is 59.9 Å². The number of sulfonamides is 1. The van der Waals surface area contributed by atoms with Crippen LogP contribution in [0, 0.1) is 20.8 Å². The summed E-state index contributed by atoms with van der Waals surface area (Å²) < 4.78 is 29.7. The van der Waals surface area contributed by atoms with Crippen LogP contribution in [0.25, 0.3) is 0 Å². The lowest BCUT2D eigenvalue weighted by Gasteiger charge is -2.35. The standard InChI is InChI=1S/C39H45N3O4S/c1-29-21-23-36(24-22-29)47(45,46)42(35-20-12-13-30(2)25-35)28-38(43)41(27-33-17-11-10-14-31(33)3)37(26-32-15-6-4-7-16-32)39(44)40-34-18-8-5-9-19-34/h4,6-7,10-17,20-25,34,37H,5,8-9,18-19,26-28H2,1-3H3,(H,40,44)/t37-/m1/s1. The first-order chi connectivity index (χ1) is 22.6. The van der Waals surface area contributed by atoms with Gasteiger partial charge in [-0.1, -0.05) is 104 Å². The molecule has 1 saturated carbocycles. The zero-order valence-electron chi connectivity index (χ0n) is 27.6. The molecule has 0 spiro atoms. The van der Waals surface area contributed by atoms with Crippen LogP contribution in [0.5, 0.6) is 0 Å². The Hall–Kier alpha value is -4.43. The van der Waals surface area contributed by atoms with Gasteiger partial charge in [0.15, 0.2) is 0 Å². The lowest BCUT2D eigenvalue weighted by atomic mass is 9.94. The molecule has 4 aromatic carbocycles. The van der Waals surface area contributed by atoms with E-state index in [-0.39, 0.29) is 23.4 Å². The van der Waals surface area contributed by atoms with Crippen LogP contribution in [-0.4, -0.2) is 43.8 Å². The lowest BCUT2D eigenvalue weighted by Crippen LogP contribution is -2.55. The molecule has 0 saturated heterocycles. The van der Waals surface area contributed by atoms with E-state index in [1.54, 1.807) is 47.4 Å². The van der Waals surface area contributed by atoms with Gasteiger partial charge in [-0.15, -0.1) is 0 Å². The third-order valence-corrected chi connectivity index (χ3v) is 10.8. The summed E-state index contributed by atoms with van der Waals surface area (Å²) >= 11 is 0. The van der Waals surface area contributed by atoms with Crippen LogP contribution >= 0.6 is 0 Å². The van der Waals surface area contributed by atoms with Crippen LogP contribution in [0.15, 0.2) is 108 Å². The van der Waals surface area contributed by atoms with Crippen molar-refractivity contribution in [3.8, 4) is 0 Å². The van der Waals surface area contributed by atoms with Gasteiger partial charge in [-0.2, -0.15) is 0 Å². The Kier molecular flexibility index (Phi) is 11.1. The molecule has 1 fully saturated rings. The highest BCUT2D eigenvalue weighted by Gasteiger charge is 2.35. The minimum absolute atomic E-state index is 0.0515. The van der Waals surface area contributed by atoms with Gasteiger partial charge >= 0.3 is 0 Å². The van der Waals surface area contributed by atoms with Crippen LogP contribution in [0.1, 0.15) is 59.9 Å². The Labute approximate surface area is 279 Å². The molecule has 1 N–H and O–H groups in total. The maximum atomic E-state index is 14.7. The average molecular weight is 652 g/mol. The van der Waals surface area contributed by atoms with E-state index in [2.05, 4.69) is 5.32 Å². The number of hydrogen-bond acceptors (Lipinski definition) is 4. The molecule has 1 aliphatic carbocycles. The normalized spacial score (nSPS) is 14.3. The Morgan fingerprint density at radius 2 is 1.47 bits per heavy atom. The Morgan fingerprint density at radius 1 is 0.787 bits per heavy atom. The molecule has 4 aromatic rings. The second-order valence-electron chi connectivity index (χ2n) is 12.7. The highest BCUT2D eigenvalue weighted by Crippen LogP contribution is 2.27. The number of nitrogens with zero attached hydrogens (tertiary/aromatic N) is 2. The molecule has 1 atom stereocenters. The lowest BCUT2D eigenvalue weighted by molar-refractivity contribution is -0.140. The molecule has 0 aliphatic heterocycles. The van der Waals surface area contributed by atoms with E-state index < -0.39 is 28.5 Å². The van der Waals surface area contributed by atoms with Crippen molar-refractivity contribution in [2.75, 3.05) is 10.8 Å². The molecular weight excluding hydrogens is 607 g/mol. The van der Waals surface area contributed by atoms with E-state index in [0.29, 0.717) is 12.1 Å². The molecule has 246 valence electrons. The van der Waals surface area contributed by atoms with Crippen molar-refractivity contribution in [3.63, 3.8) is 0 Å². The first-order valence-electron chi connectivity index (χ1n) is 16.5. The number of aryl methyl sites for hydroxylation is 3. The molecular formula is C39H45N3O4S. The summed E-state index contributed by atoms with van der Waals surface area (Å²) in [5.41, 5.74) is 4.98. The summed E-state index contributed by atoms with van der Waals surface area (Å²) in [6.07, 6.45) is 5.38. The summed E-state index contributed by atoms with van der Waals surface area (Å²) in [4.78, 5) is 30.7. The van der Waals surface area contributed by atoms with Crippen molar-refractivity contribution in [3.05, 3.63) is 131 Å². The van der Waals surface area contributed by atoms with Crippen molar-refractivity contribution in [1.29, 1.82) is 0 Å². The molecule has 47 heavy (non-hydrogen) atoms. The number of benzene rings is 4. The minimum atomic E-state index is -4.14. The van der Waals surface area contributed by atoms with Gasteiger partial charge in [0.05, 0.1) is 10.6 Å². The molecule has 5 rings (SSSR count). The van der Waals surface area contributed by atoms with Gasteiger partial charge in [0.2, 0.25) is 11.8 Å². The molecule has 0 radical (unpaired) electrons. The SMILES string of the molecule is Cc1ccc(S(=O)(=O)N(CC(=O)N(Cc2ccccc2C)[C@H](Cc2ccccc2)C(=O)NC2CCCCC2)c2cccc(C)c2)cc1. The fourth-order valence-corrected chi connectivity index (χ4v) is 7.62. The van der Waals surface area contributed by atoms with Gasteiger partial charge in [-0.25, -0.2) is 8.42 Å². The molecule has 0 aromatic heterocycles. The predicted octanol–water partition coefficient (Wildman–Crippen LogP) is 6.90. The zero-order chi connectivity index (χ0) is 33.4. The molecule has 1 aliphatic rings. The summed E-state index contributed by atoms with van der Waals surface area (Å²) in [7, 11) is -4.14. The van der Waals surface area contributed by atoms with Gasteiger partial charge in [0.25, 0.3) is 10.0 Å². The van der Waals surface area contributed by atoms with Crippen molar-refractivity contribution in [2.24, 2.45) is 0 Å². The quantitative estimate of drug-likeness (QED) is 0.181. The molecule has 0 heterocycles. The molecule has 0 unspecified atom stereocenters. The average Bonchev–Trinajstić information content (AvgIpc) is 3.07. The summed E-state index contributed by atoms with van der Waals surface area (Å²) in [6.45, 7) is 5.46. The first-order valence-corrected chi connectivity index (χ1v) is 17.9. The van der Waals surface area contributed by atoms with E-state index in [9.17, 15) is 18.0 Å². The largest absolute Gasteiger partial charge is 0.352 e. The fraction of sp³-hybridized carbons (Fsp3) is 0.333. The second kappa shape index (κ2) is 15.4. The summed E-state index contributed by atoms with van der Waals surface area (Å²) in [5, 5.41) is 3.26. The van der Waals surface area contributed by atoms with Crippen molar-refractivity contribution in [1.82, 2.24) is 10.2 Å². The van der Waals surface area contributed by atoms with Crippen molar-refractivity contribution < 1.29 is 18.0 Å². The highest BCUT2D eigenvalue weighted by atomic mass is 32.2. The van der Waals surface area contributed by atoms with Crippen LogP contribution in [-0.2, 0) is 32.6 Å². The number of rotatable bonds is 12. The monoisotopic (exact) mass is 651 g/mol.